The molecule has 0 aromatic heterocycles. The van der Waals surface area contributed by atoms with E-state index in [1.54, 1.807) is 36.4 Å². The van der Waals surface area contributed by atoms with Gasteiger partial charge in [0.1, 0.15) is 41.7 Å². The summed E-state index contributed by atoms with van der Waals surface area (Å²) in [5.74, 6) is 1.03. The maximum atomic E-state index is 10.0. The first-order chi connectivity index (χ1) is 13.9. The van der Waals surface area contributed by atoms with E-state index in [9.17, 15) is 25.5 Å². The predicted octanol–water partition coefficient (Wildman–Crippen LogP) is 0.750. The first-order valence-electron chi connectivity index (χ1n) is 9.04. The molecule has 1 aliphatic heterocycles. The normalized spacial score (nSPS) is 27.1. The Kier molecular flexibility index (Phi) is 6.73. The summed E-state index contributed by atoms with van der Waals surface area (Å²) in [6, 6.07) is 11.8. The fourth-order valence-corrected chi connectivity index (χ4v) is 2.97. The lowest BCUT2D eigenvalue weighted by atomic mass is 9.99. The lowest BCUT2D eigenvalue weighted by Crippen LogP contribution is -2.60. The summed E-state index contributed by atoms with van der Waals surface area (Å²) in [5, 5.41) is 48.6. The van der Waals surface area contributed by atoms with Gasteiger partial charge in [-0.25, -0.2) is 0 Å². The zero-order valence-corrected chi connectivity index (χ0v) is 15.8. The van der Waals surface area contributed by atoms with E-state index in [-0.39, 0.29) is 5.75 Å². The van der Waals surface area contributed by atoms with Gasteiger partial charge in [0.25, 0.3) is 0 Å². The SMILES string of the molecule is COc1cc(O)cc(C=Cc2ccc(OC3OC(CO)C(O)C(O)C3O)cc2)c1. The van der Waals surface area contributed by atoms with Crippen molar-refractivity contribution in [2.75, 3.05) is 13.7 Å². The van der Waals surface area contributed by atoms with E-state index in [0.717, 1.165) is 11.1 Å². The van der Waals surface area contributed by atoms with Gasteiger partial charge in [0.2, 0.25) is 6.29 Å². The van der Waals surface area contributed by atoms with Crippen molar-refractivity contribution in [3.8, 4) is 17.2 Å². The maximum absolute atomic E-state index is 10.0. The number of phenols is 1. The summed E-state index contributed by atoms with van der Waals surface area (Å²) < 4.78 is 16.0. The summed E-state index contributed by atoms with van der Waals surface area (Å²) >= 11 is 0. The summed E-state index contributed by atoms with van der Waals surface area (Å²) in [6.07, 6.45) is -2.99. The molecule has 156 valence electrons. The number of hydrogen-bond acceptors (Lipinski definition) is 8. The fraction of sp³-hybridized carbons (Fsp3) is 0.333. The fourth-order valence-electron chi connectivity index (χ4n) is 2.97. The molecule has 5 unspecified atom stereocenters. The van der Waals surface area contributed by atoms with E-state index in [1.165, 1.54) is 13.2 Å². The van der Waals surface area contributed by atoms with Crippen LogP contribution >= 0.6 is 0 Å². The van der Waals surface area contributed by atoms with Crippen LogP contribution in [-0.4, -0.2) is 70.0 Å². The van der Waals surface area contributed by atoms with Gasteiger partial charge in [0.05, 0.1) is 13.7 Å². The maximum Gasteiger partial charge on any atom is 0.229 e. The minimum atomic E-state index is -1.49. The van der Waals surface area contributed by atoms with Crippen LogP contribution in [0.1, 0.15) is 11.1 Å². The summed E-state index contributed by atoms with van der Waals surface area (Å²) in [6.45, 7) is -0.519. The number of ether oxygens (including phenoxy) is 3. The molecule has 1 saturated heterocycles. The molecule has 8 nitrogen and oxygen atoms in total. The summed E-state index contributed by atoms with van der Waals surface area (Å²) in [5.41, 5.74) is 1.62. The number of rotatable bonds is 6. The van der Waals surface area contributed by atoms with Crippen LogP contribution in [0.2, 0.25) is 0 Å². The third kappa shape index (κ3) is 5.06. The van der Waals surface area contributed by atoms with Crippen LogP contribution in [0.5, 0.6) is 17.2 Å². The first-order valence-corrected chi connectivity index (χ1v) is 9.04. The van der Waals surface area contributed by atoms with Gasteiger partial charge in [-0.2, -0.15) is 0 Å². The smallest absolute Gasteiger partial charge is 0.229 e. The molecule has 0 bridgehead atoms. The molecule has 29 heavy (non-hydrogen) atoms. The second-order valence-corrected chi connectivity index (χ2v) is 6.68. The molecular formula is C21H24O8. The Hall–Kier alpha value is -2.62. The average molecular weight is 404 g/mol. The van der Waals surface area contributed by atoms with Crippen molar-refractivity contribution in [3.63, 3.8) is 0 Å². The van der Waals surface area contributed by atoms with Crippen LogP contribution < -0.4 is 9.47 Å². The largest absolute Gasteiger partial charge is 0.508 e. The molecule has 1 heterocycles. The highest BCUT2D eigenvalue weighted by Crippen LogP contribution is 2.26. The number of benzene rings is 2. The van der Waals surface area contributed by atoms with Gasteiger partial charge >= 0.3 is 0 Å². The summed E-state index contributed by atoms with van der Waals surface area (Å²) in [4.78, 5) is 0. The van der Waals surface area contributed by atoms with E-state index in [4.69, 9.17) is 14.2 Å². The van der Waals surface area contributed by atoms with Gasteiger partial charge in [-0.1, -0.05) is 24.3 Å². The number of aromatic hydroxyl groups is 1. The van der Waals surface area contributed by atoms with Crippen molar-refractivity contribution in [1.82, 2.24) is 0 Å². The number of methoxy groups -OCH3 is 1. The molecule has 3 rings (SSSR count). The van der Waals surface area contributed by atoms with Crippen LogP contribution in [0.4, 0.5) is 0 Å². The molecule has 8 heteroatoms. The molecule has 0 amide bonds. The zero-order chi connectivity index (χ0) is 21.0. The minimum Gasteiger partial charge on any atom is -0.508 e. The van der Waals surface area contributed by atoms with Gasteiger partial charge in [0, 0.05) is 6.07 Å². The Morgan fingerprint density at radius 1 is 0.897 bits per heavy atom. The van der Waals surface area contributed by atoms with E-state index >= 15 is 0 Å². The molecular weight excluding hydrogens is 380 g/mol. The number of phenolic OH excluding ortho intramolecular Hbond substituents is 1. The second-order valence-electron chi connectivity index (χ2n) is 6.68. The Labute approximate surface area is 167 Å². The highest BCUT2D eigenvalue weighted by Gasteiger charge is 2.44. The van der Waals surface area contributed by atoms with E-state index < -0.39 is 37.3 Å². The minimum absolute atomic E-state index is 0.104. The molecule has 0 aliphatic carbocycles. The zero-order valence-electron chi connectivity index (χ0n) is 15.8. The van der Waals surface area contributed by atoms with Crippen molar-refractivity contribution < 1.29 is 39.7 Å². The third-order valence-corrected chi connectivity index (χ3v) is 4.60. The van der Waals surface area contributed by atoms with Crippen LogP contribution in [-0.2, 0) is 4.74 Å². The van der Waals surface area contributed by atoms with Crippen LogP contribution in [0.25, 0.3) is 12.2 Å². The molecule has 0 spiro atoms. The molecule has 1 fully saturated rings. The van der Waals surface area contributed by atoms with E-state index in [2.05, 4.69) is 0 Å². The van der Waals surface area contributed by atoms with Crippen LogP contribution in [0.15, 0.2) is 42.5 Å². The molecule has 0 radical (unpaired) electrons. The quantitative estimate of drug-likeness (QED) is 0.446. The number of aliphatic hydroxyl groups is 4. The van der Waals surface area contributed by atoms with Crippen molar-refractivity contribution in [2.45, 2.75) is 30.7 Å². The molecule has 5 N–H and O–H groups in total. The molecule has 0 saturated carbocycles. The highest BCUT2D eigenvalue weighted by atomic mass is 16.7. The Balaban J connectivity index is 1.66. The number of aliphatic hydroxyl groups excluding tert-OH is 4. The highest BCUT2D eigenvalue weighted by molar-refractivity contribution is 5.71. The lowest BCUT2D eigenvalue weighted by Gasteiger charge is -2.39. The first kappa shape index (κ1) is 21.1. The molecule has 5 atom stereocenters. The second kappa shape index (κ2) is 9.25. The molecule has 2 aromatic carbocycles. The van der Waals surface area contributed by atoms with Crippen molar-refractivity contribution in [3.05, 3.63) is 53.6 Å². The monoisotopic (exact) mass is 404 g/mol. The topological polar surface area (TPSA) is 129 Å². The lowest BCUT2D eigenvalue weighted by molar-refractivity contribution is -0.277. The summed E-state index contributed by atoms with van der Waals surface area (Å²) in [7, 11) is 1.52. The van der Waals surface area contributed by atoms with Crippen LogP contribution in [0, 0.1) is 0 Å². The predicted molar refractivity (Wildman–Crippen MR) is 104 cm³/mol. The Bertz CT molecular complexity index is 833. The van der Waals surface area contributed by atoms with Gasteiger partial charge < -0.3 is 39.7 Å². The standard InChI is InChI=1S/C21H24O8/c1-27-16-9-13(8-14(23)10-16)3-2-12-4-6-15(7-5-12)28-21-20(26)19(25)18(24)17(11-22)29-21/h2-10,17-26H,11H2,1H3. The van der Waals surface area contributed by atoms with Crippen molar-refractivity contribution in [2.24, 2.45) is 0 Å². The molecule has 2 aromatic rings. The van der Waals surface area contributed by atoms with Crippen LogP contribution in [0.3, 0.4) is 0 Å². The Morgan fingerprint density at radius 3 is 2.24 bits per heavy atom. The molecule has 1 aliphatic rings. The average Bonchev–Trinajstić information content (AvgIpc) is 2.73. The van der Waals surface area contributed by atoms with E-state index in [1.807, 2.05) is 12.2 Å². The third-order valence-electron chi connectivity index (χ3n) is 4.60. The van der Waals surface area contributed by atoms with E-state index in [0.29, 0.717) is 11.5 Å². The number of hydrogen-bond donors (Lipinski definition) is 5. The van der Waals surface area contributed by atoms with Gasteiger partial charge in [-0.05, 0) is 35.4 Å². The van der Waals surface area contributed by atoms with Crippen molar-refractivity contribution >= 4 is 12.2 Å². The van der Waals surface area contributed by atoms with Crippen molar-refractivity contribution in [1.29, 1.82) is 0 Å². The van der Waals surface area contributed by atoms with Gasteiger partial charge in [-0.15, -0.1) is 0 Å². The van der Waals surface area contributed by atoms with Gasteiger partial charge in [-0.3, -0.25) is 0 Å². The Morgan fingerprint density at radius 2 is 1.59 bits per heavy atom. The van der Waals surface area contributed by atoms with Gasteiger partial charge in [0.15, 0.2) is 0 Å².